The predicted octanol–water partition coefficient (Wildman–Crippen LogP) is 11.5. The van der Waals surface area contributed by atoms with E-state index in [1.54, 1.807) is 0 Å². The van der Waals surface area contributed by atoms with Gasteiger partial charge in [0.15, 0.2) is 0 Å². The first-order valence-corrected chi connectivity index (χ1v) is 15.3. The Morgan fingerprint density at radius 1 is 0.326 bits per heavy atom. The van der Waals surface area contributed by atoms with E-state index >= 15 is 0 Å². The Morgan fingerprint density at radius 2 is 0.581 bits per heavy atom. The summed E-state index contributed by atoms with van der Waals surface area (Å²) in [6.07, 6.45) is 2.36. The van der Waals surface area contributed by atoms with Crippen molar-refractivity contribution < 1.29 is 0 Å². The third kappa shape index (κ3) is 6.59. The highest BCUT2D eigenvalue weighted by atomic mass is 79.9. The summed E-state index contributed by atoms with van der Waals surface area (Å²) < 4.78 is 1.02. The number of rotatable bonds is 8. The van der Waals surface area contributed by atoms with Gasteiger partial charge in [-0.15, -0.1) is 0 Å². The van der Waals surface area contributed by atoms with E-state index in [4.69, 9.17) is 0 Å². The van der Waals surface area contributed by atoms with Crippen LogP contribution in [0.25, 0.3) is 16.7 Å². The number of halogens is 1. The van der Waals surface area contributed by atoms with Gasteiger partial charge in [0.2, 0.25) is 0 Å². The van der Waals surface area contributed by atoms with E-state index in [9.17, 15) is 0 Å². The molecule has 6 aromatic rings. The molecule has 1 heteroatoms. The maximum atomic E-state index is 4.23. The van der Waals surface area contributed by atoms with Crippen LogP contribution in [0.1, 0.15) is 33.4 Å². The minimum Gasteiger partial charge on any atom is -0.0622 e. The fourth-order valence-corrected chi connectivity index (χ4v) is 6.18. The lowest BCUT2D eigenvalue weighted by Crippen LogP contribution is -2.00. The summed E-state index contributed by atoms with van der Waals surface area (Å²) in [5.74, 6) is 0. The standard InChI is InChI=1S/C42H31Br/c43-42(41(36-27-15-5-16-28-36)37-29-17-6-18-30-37)39(40(34-23-11-3-12-24-34)35-25-13-4-14-26-35)31-38(32-19-7-1-8-20-32)33-21-9-2-10-22-33/h1-31H. The van der Waals surface area contributed by atoms with Gasteiger partial charge in [-0.05, 0) is 72.1 Å². The van der Waals surface area contributed by atoms with Crippen LogP contribution < -0.4 is 0 Å². The largest absolute Gasteiger partial charge is 0.0622 e. The van der Waals surface area contributed by atoms with Gasteiger partial charge in [-0.2, -0.15) is 0 Å². The van der Waals surface area contributed by atoms with E-state index in [0.29, 0.717) is 0 Å². The lowest BCUT2D eigenvalue weighted by atomic mass is 9.87. The van der Waals surface area contributed by atoms with Gasteiger partial charge >= 0.3 is 0 Å². The van der Waals surface area contributed by atoms with Gasteiger partial charge < -0.3 is 0 Å². The fraction of sp³-hybridized carbons (Fsp3) is 0. The molecule has 0 saturated heterocycles. The molecule has 0 N–H and O–H groups in total. The van der Waals surface area contributed by atoms with Crippen LogP contribution in [0.2, 0.25) is 0 Å². The molecule has 6 rings (SSSR count). The molecule has 0 nitrogen and oxygen atoms in total. The van der Waals surface area contributed by atoms with E-state index < -0.39 is 0 Å². The second kappa shape index (κ2) is 13.8. The molecular weight excluding hydrogens is 584 g/mol. The van der Waals surface area contributed by atoms with E-state index in [1.165, 1.54) is 0 Å². The van der Waals surface area contributed by atoms with Crippen LogP contribution in [0.4, 0.5) is 0 Å². The molecular formula is C42H31Br. The van der Waals surface area contributed by atoms with Crippen molar-refractivity contribution in [3.8, 4) is 0 Å². The van der Waals surface area contributed by atoms with Crippen LogP contribution in [0.3, 0.4) is 0 Å². The summed E-state index contributed by atoms with van der Waals surface area (Å²) in [4.78, 5) is 0. The minimum absolute atomic E-state index is 1.02. The average molecular weight is 616 g/mol. The van der Waals surface area contributed by atoms with Crippen LogP contribution >= 0.6 is 15.9 Å². The van der Waals surface area contributed by atoms with Gasteiger partial charge in [0, 0.05) is 10.1 Å². The number of benzene rings is 6. The Hall–Kier alpha value is -4.98. The van der Waals surface area contributed by atoms with E-state index in [2.05, 4.69) is 204 Å². The zero-order chi connectivity index (χ0) is 29.3. The summed E-state index contributed by atoms with van der Waals surface area (Å²) in [5, 5.41) is 0. The Kier molecular flexibility index (Phi) is 9.03. The van der Waals surface area contributed by atoms with Gasteiger partial charge in [-0.25, -0.2) is 0 Å². The molecule has 206 valence electrons. The topological polar surface area (TPSA) is 0 Å². The predicted molar refractivity (Wildman–Crippen MR) is 187 cm³/mol. The highest BCUT2D eigenvalue weighted by molar-refractivity contribution is 9.12. The van der Waals surface area contributed by atoms with Crippen molar-refractivity contribution in [3.63, 3.8) is 0 Å². The summed E-state index contributed by atoms with van der Waals surface area (Å²) in [6, 6.07) is 64.0. The molecule has 43 heavy (non-hydrogen) atoms. The number of allylic oxidation sites excluding steroid dienone is 3. The maximum Gasteiger partial charge on any atom is 0.0338 e. The van der Waals surface area contributed by atoms with Gasteiger partial charge in [-0.1, -0.05) is 182 Å². The smallest absolute Gasteiger partial charge is 0.0338 e. The molecule has 0 spiro atoms. The Bertz CT molecular complexity index is 1730. The van der Waals surface area contributed by atoms with Crippen LogP contribution in [0.15, 0.2) is 198 Å². The molecule has 0 aliphatic heterocycles. The third-order valence-corrected chi connectivity index (χ3v) is 8.26. The van der Waals surface area contributed by atoms with Crippen LogP contribution in [-0.4, -0.2) is 0 Å². The normalized spacial score (nSPS) is 10.4. The van der Waals surface area contributed by atoms with Crippen molar-refractivity contribution in [1.29, 1.82) is 0 Å². The van der Waals surface area contributed by atoms with Crippen molar-refractivity contribution >= 4 is 32.6 Å². The summed E-state index contributed by atoms with van der Waals surface area (Å²) in [6.45, 7) is 0. The first kappa shape index (κ1) is 28.2. The monoisotopic (exact) mass is 614 g/mol. The van der Waals surface area contributed by atoms with Gasteiger partial charge in [0.25, 0.3) is 0 Å². The van der Waals surface area contributed by atoms with E-state index in [1.807, 2.05) is 0 Å². The Labute approximate surface area is 263 Å². The van der Waals surface area contributed by atoms with Gasteiger partial charge in [0.1, 0.15) is 0 Å². The first-order valence-electron chi connectivity index (χ1n) is 14.5. The highest BCUT2D eigenvalue weighted by Crippen LogP contribution is 2.42. The van der Waals surface area contributed by atoms with E-state index in [-0.39, 0.29) is 0 Å². The summed E-state index contributed by atoms with van der Waals surface area (Å²) >= 11 is 4.23. The van der Waals surface area contributed by atoms with E-state index in [0.717, 1.165) is 60.2 Å². The molecule has 0 atom stereocenters. The molecule has 0 aliphatic carbocycles. The third-order valence-electron chi connectivity index (χ3n) is 7.43. The van der Waals surface area contributed by atoms with Crippen LogP contribution in [0.5, 0.6) is 0 Å². The van der Waals surface area contributed by atoms with Crippen LogP contribution in [0, 0.1) is 0 Å². The molecule has 0 heterocycles. The Balaban J connectivity index is 1.78. The molecule has 0 fully saturated rings. The quantitative estimate of drug-likeness (QED) is 0.150. The minimum atomic E-state index is 1.02. The maximum absolute atomic E-state index is 4.23. The summed E-state index contributed by atoms with van der Waals surface area (Å²) in [7, 11) is 0. The second-order valence-corrected chi connectivity index (χ2v) is 11.0. The molecule has 0 aliphatic rings. The van der Waals surface area contributed by atoms with Crippen molar-refractivity contribution in [2.75, 3.05) is 0 Å². The van der Waals surface area contributed by atoms with Gasteiger partial charge in [0.05, 0.1) is 0 Å². The first-order chi connectivity index (χ1) is 21.3. The fourth-order valence-electron chi connectivity index (χ4n) is 5.41. The van der Waals surface area contributed by atoms with Crippen molar-refractivity contribution in [1.82, 2.24) is 0 Å². The lowest BCUT2D eigenvalue weighted by Gasteiger charge is -2.20. The highest BCUT2D eigenvalue weighted by Gasteiger charge is 2.20. The zero-order valence-electron chi connectivity index (χ0n) is 23.8. The molecule has 0 saturated carbocycles. The molecule has 0 radical (unpaired) electrons. The molecule has 0 unspecified atom stereocenters. The molecule has 0 bridgehead atoms. The molecule has 6 aromatic carbocycles. The van der Waals surface area contributed by atoms with Crippen molar-refractivity contribution in [3.05, 3.63) is 232 Å². The number of hydrogen-bond donors (Lipinski definition) is 0. The second-order valence-electron chi connectivity index (χ2n) is 10.2. The average Bonchev–Trinajstić information content (AvgIpc) is 3.09. The zero-order valence-corrected chi connectivity index (χ0v) is 25.4. The lowest BCUT2D eigenvalue weighted by molar-refractivity contribution is 1.48. The number of hydrogen-bond acceptors (Lipinski definition) is 0. The summed E-state index contributed by atoms with van der Waals surface area (Å²) in [5.41, 5.74) is 11.5. The SMILES string of the molecule is BrC(C(C=C(c1ccccc1)c1ccccc1)=C(c1ccccc1)c1ccccc1)=C(c1ccccc1)c1ccccc1. The van der Waals surface area contributed by atoms with Crippen molar-refractivity contribution in [2.24, 2.45) is 0 Å². The molecule has 0 amide bonds. The van der Waals surface area contributed by atoms with Gasteiger partial charge in [-0.3, -0.25) is 0 Å². The van der Waals surface area contributed by atoms with Crippen molar-refractivity contribution in [2.45, 2.75) is 0 Å². The Morgan fingerprint density at radius 3 is 0.884 bits per heavy atom. The molecule has 0 aromatic heterocycles. The van der Waals surface area contributed by atoms with Crippen LogP contribution in [-0.2, 0) is 0 Å².